The van der Waals surface area contributed by atoms with Crippen LogP contribution in [-0.4, -0.2) is 17.1 Å². The Labute approximate surface area is 90.0 Å². The molecule has 4 nitrogen and oxygen atoms in total. The number of nitrogens with two attached hydrogens (primary N) is 2. The van der Waals surface area contributed by atoms with Crippen molar-refractivity contribution in [2.45, 2.75) is 12.5 Å². The van der Waals surface area contributed by atoms with Gasteiger partial charge in [-0.15, -0.1) is 0 Å². The maximum absolute atomic E-state index is 10.5. The number of hydrogen-bond donors (Lipinski definition) is 3. The highest BCUT2D eigenvalue weighted by molar-refractivity contribution is 9.10. The maximum atomic E-state index is 10.5. The fourth-order valence-electron chi connectivity index (χ4n) is 1.04. The Kier molecular flexibility index (Phi) is 3.49. The highest BCUT2D eigenvalue weighted by Crippen LogP contribution is 2.20. The van der Waals surface area contributed by atoms with Gasteiger partial charge in [-0.2, -0.15) is 0 Å². The van der Waals surface area contributed by atoms with Crippen molar-refractivity contribution in [1.82, 2.24) is 0 Å². The van der Waals surface area contributed by atoms with E-state index in [4.69, 9.17) is 16.6 Å². The first-order valence-electron chi connectivity index (χ1n) is 4.03. The Hall–Kier alpha value is -1.07. The minimum Gasteiger partial charge on any atom is -0.480 e. The van der Waals surface area contributed by atoms with Gasteiger partial charge in [-0.25, -0.2) is 0 Å². The van der Waals surface area contributed by atoms with Gasteiger partial charge in [-0.05, 0) is 40.0 Å². The number of nitrogen functional groups attached to an aromatic ring is 1. The second-order valence-electron chi connectivity index (χ2n) is 3.00. The molecule has 1 rings (SSSR count). The van der Waals surface area contributed by atoms with E-state index in [1.165, 1.54) is 0 Å². The van der Waals surface area contributed by atoms with Crippen LogP contribution in [0.2, 0.25) is 0 Å². The largest absolute Gasteiger partial charge is 0.480 e. The van der Waals surface area contributed by atoms with E-state index in [-0.39, 0.29) is 0 Å². The van der Waals surface area contributed by atoms with E-state index in [2.05, 4.69) is 15.9 Å². The molecule has 0 spiro atoms. The van der Waals surface area contributed by atoms with E-state index < -0.39 is 12.0 Å². The lowest BCUT2D eigenvalue weighted by Crippen LogP contribution is -2.32. The summed E-state index contributed by atoms with van der Waals surface area (Å²) in [4.78, 5) is 10.5. The lowest BCUT2D eigenvalue weighted by Gasteiger charge is -2.07. The zero-order valence-electron chi connectivity index (χ0n) is 7.40. The van der Waals surface area contributed by atoms with E-state index >= 15 is 0 Å². The second kappa shape index (κ2) is 4.43. The third kappa shape index (κ3) is 2.71. The van der Waals surface area contributed by atoms with Gasteiger partial charge >= 0.3 is 5.97 Å². The Morgan fingerprint density at radius 3 is 2.71 bits per heavy atom. The molecule has 0 aliphatic carbocycles. The van der Waals surface area contributed by atoms with E-state index in [1.807, 2.05) is 0 Å². The number of hydrogen-bond acceptors (Lipinski definition) is 3. The summed E-state index contributed by atoms with van der Waals surface area (Å²) in [5.74, 6) is -1.00. The van der Waals surface area contributed by atoms with Gasteiger partial charge in [0.05, 0.1) is 0 Å². The topological polar surface area (TPSA) is 89.3 Å². The van der Waals surface area contributed by atoms with Gasteiger partial charge < -0.3 is 16.6 Å². The van der Waals surface area contributed by atoms with Gasteiger partial charge in [0.1, 0.15) is 6.04 Å². The number of halogens is 1. The molecular formula is C9H11BrN2O2. The van der Waals surface area contributed by atoms with Crippen molar-refractivity contribution in [1.29, 1.82) is 0 Å². The molecule has 1 aromatic carbocycles. The van der Waals surface area contributed by atoms with Gasteiger partial charge in [-0.1, -0.05) is 6.07 Å². The average molecular weight is 259 g/mol. The van der Waals surface area contributed by atoms with Crippen LogP contribution < -0.4 is 11.5 Å². The van der Waals surface area contributed by atoms with Crippen molar-refractivity contribution in [3.8, 4) is 0 Å². The summed E-state index contributed by atoms with van der Waals surface area (Å²) in [7, 11) is 0. The number of carboxylic acid groups (broad SMARTS) is 1. The molecule has 0 aliphatic heterocycles. The summed E-state index contributed by atoms with van der Waals surface area (Å²) in [6.07, 6.45) is 0.300. The fraction of sp³-hybridized carbons (Fsp3) is 0.222. The highest BCUT2D eigenvalue weighted by Gasteiger charge is 2.12. The molecule has 0 saturated carbocycles. The minimum absolute atomic E-state index is 0.300. The van der Waals surface area contributed by atoms with Crippen LogP contribution in [0.15, 0.2) is 22.7 Å². The van der Waals surface area contributed by atoms with E-state index in [9.17, 15) is 4.79 Å². The number of carbonyl (C=O) groups is 1. The van der Waals surface area contributed by atoms with Crippen molar-refractivity contribution >= 4 is 27.6 Å². The lowest BCUT2D eigenvalue weighted by molar-refractivity contribution is -0.138. The molecule has 0 aromatic heterocycles. The predicted octanol–water partition coefficient (Wildman–Crippen LogP) is 0.986. The van der Waals surface area contributed by atoms with Crippen LogP contribution in [0.3, 0.4) is 0 Å². The fourth-order valence-corrected chi connectivity index (χ4v) is 1.47. The molecular weight excluding hydrogens is 248 g/mol. The molecule has 0 aliphatic rings. The summed E-state index contributed by atoms with van der Waals surface area (Å²) < 4.78 is 0.757. The Morgan fingerprint density at radius 1 is 1.57 bits per heavy atom. The molecule has 0 heterocycles. The molecule has 0 amide bonds. The summed E-state index contributed by atoms with van der Waals surface area (Å²) >= 11 is 3.26. The van der Waals surface area contributed by atoms with Gasteiger partial charge in [0.2, 0.25) is 0 Å². The summed E-state index contributed by atoms with van der Waals surface area (Å²) in [5, 5.41) is 8.61. The summed E-state index contributed by atoms with van der Waals surface area (Å²) in [5.41, 5.74) is 12.4. The summed E-state index contributed by atoms with van der Waals surface area (Å²) in [6, 6.07) is 4.39. The summed E-state index contributed by atoms with van der Waals surface area (Å²) in [6.45, 7) is 0. The molecule has 5 heteroatoms. The van der Waals surface area contributed by atoms with Gasteiger partial charge in [0, 0.05) is 10.2 Å². The van der Waals surface area contributed by atoms with E-state index in [0.717, 1.165) is 10.0 Å². The van der Waals surface area contributed by atoms with Crippen molar-refractivity contribution in [2.24, 2.45) is 5.73 Å². The standard InChI is InChI=1S/C9H11BrN2O2/c10-6-3-5(1-2-7(6)11)4-8(12)9(13)14/h1-3,8H,4,11-12H2,(H,13,14). The number of aliphatic carboxylic acids is 1. The van der Waals surface area contributed by atoms with Crippen LogP contribution in [0.4, 0.5) is 5.69 Å². The third-order valence-electron chi connectivity index (χ3n) is 1.84. The van der Waals surface area contributed by atoms with Crippen LogP contribution in [-0.2, 0) is 11.2 Å². The minimum atomic E-state index is -1.00. The molecule has 1 atom stereocenters. The molecule has 1 aromatic rings. The maximum Gasteiger partial charge on any atom is 0.320 e. The van der Waals surface area contributed by atoms with Crippen LogP contribution in [0.5, 0.6) is 0 Å². The first-order valence-corrected chi connectivity index (χ1v) is 4.82. The number of rotatable bonds is 3. The molecule has 14 heavy (non-hydrogen) atoms. The molecule has 76 valence electrons. The monoisotopic (exact) mass is 258 g/mol. The second-order valence-corrected chi connectivity index (χ2v) is 3.86. The van der Waals surface area contributed by atoms with Crippen LogP contribution >= 0.6 is 15.9 Å². The van der Waals surface area contributed by atoms with Crippen molar-refractivity contribution in [3.05, 3.63) is 28.2 Å². The highest BCUT2D eigenvalue weighted by atomic mass is 79.9. The quantitative estimate of drug-likeness (QED) is 0.706. The Bertz CT molecular complexity index is 355. The van der Waals surface area contributed by atoms with Gasteiger partial charge in [-0.3, -0.25) is 4.79 Å². The van der Waals surface area contributed by atoms with Crippen molar-refractivity contribution in [2.75, 3.05) is 5.73 Å². The van der Waals surface area contributed by atoms with Crippen LogP contribution in [0.1, 0.15) is 5.56 Å². The average Bonchev–Trinajstić information content (AvgIpc) is 2.11. The Balaban J connectivity index is 2.78. The molecule has 0 saturated heterocycles. The number of carboxylic acids is 1. The SMILES string of the molecule is Nc1ccc(CC(N)C(=O)O)cc1Br. The third-order valence-corrected chi connectivity index (χ3v) is 2.52. The zero-order valence-corrected chi connectivity index (χ0v) is 8.99. The Morgan fingerprint density at radius 2 is 2.21 bits per heavy atom. The van der Waals surface area contributed by atoms with Crippen LogP contribution in [0.25, 0.3) is 0 Å². The lowest BCUT2D eigenvalue weighted by atomic mass is 10.1. The first-order chi connectivity index (χ1) is 6.50. The molecule has 0 fully saturated rings. The van der Waals surface area contributed by atoms with Crippen molar-refractivity contribution < 1.29 is 9.90 Å². The smallest absolute Gasteiger partial charge is 0.320 e. The van der Waals surface area contributed by atoms with E-state index in [1.54, 1.807) is 18.2 Å². The number of anilines is 1. The van der Waals surface area contributed by atoms with Crippen molar-refractivity contribution in [3.63, 3.8) is 0 Å². The molecule has 5 N–H and O–H groups in total. The van der Waals surface area contributed by atoms with E-state index in [0.29, 0.717) is 12.1 Å². The van der Waals surface area contributed by atoms with Crippen LogP contribution in [0, 0.1) is 0 Å². The number of benzene rings is 1. The molecule has 1 unspecified atom stereocenters. The van der Waals surface area contributed by atoms with Gasteiger partial charge in [0.25, 0.3) is 0 Å². The first kappa shape index (κ1) is 11.0. The van der Waals surface area contributed by atoms with Gasteiger partial charge in [0.15, 0.2) is 0 Å². The normalized spacial score (nSPS) is 12.4. The molecule has 0 radical (unpaired) electrons. The molecule has 0 bridgehead atoms. The predicted molar refractivity (Wildman–Crippen MR) is 57.9 cm³/mol. The zero-order chi connectivity index (χ0) is 10.7.